The van der Waals surface area contributed by atoms with E-state index in [1.807, 2.05) is 17.4 Å². The third-order valence-electron chi connectivity index (χ3n) is 13.3. The summed E-state index contributed by atoms with van der Waals surface area (Å²) < 4.78 is 16.2. The fourth-order valence-corrected chi connectivity index (χ4v) is 9.94. The minimum atomic E-state index is 0. The van der Waals surface area contributed by atoms with Gasteiger partial charge in [-0.3, -0.25) is 4.98 Å². The highest BCUT2D eigenvalue weighted by Gasteiger charge is 2.25. The number of benzene rings is 3. The van der Waals surface area contributed by atoms with Gasteiger partial charge in [-0.25, -0.2) is 4.98 Å². The predicted octanol–water partition coefficient (Wildman–Crippen LogP) is 15.8. The van der Waals surface area contributed by atoms with Crippen LogP contribution in [0.15, 0.2) is 66.7 Å². The molecule has 68 heavy (non-hydrogen) atoms. The van der Waals surface area contributed by atoms with Crippen LogP contribution in [-0.2, 0) is 65.6 Å². The van der Waals surface area contributed by atoms with Crippen LogP contribution >= 0.6 is 11.3 Å². The molecule has 0 bridgehead atoms. The number of ether oxygens (including phenoxy) is 3. The first-order valence-corrected chi connectivity index (χ1v) is 26.1. The number of pyridine rings is 1. The van der Waals surface area contributed by atoms with E-state index in [2.05, 4.69) is 181 Å². The van der Waals surface area contributed by atoms with Gasteiger partial charge >= 0.3 is 0 Å². The first-order valence-electron chi connectivity index (χ1n) is 25.3. The van der Waals surface area contributed by atoms with Gasteiger partial charge in [0.25, 0.3) is 0 Å². The highest BCUT2D eigenvalue weighted by Crippen LogP contribution is 2.38. The predicted molar refractivity (Wildman–Crippen MR) is 291 cm³/mol. The van der Waals surface area contributed by atoms with E-state index in [1.54, 1.807) is 16.0 Å². The Morgan fingerprint density at radius 3 is 1.66 bits per heavy atom. The summed E-state index contributed by atoms with van der Waals surface area (Å²) in [4.78, 5) is 13.3. The largest absolute Gasteiger partial charge is 0.490 e. The molecule has 372 valence electrons. The molecule has 0 saturated heterocycles. The summed E-state index contributed by atoms with van der Waals surface area (Å²) in [6.45, 7) is 35.6. The lowest BCUT2D eigenvalue weighted by Gasteiger charge is -2.30. The normalized spacial score (nSPS) is 15.7. The lowest BCUT2D eigenvalue weighted by atomic mass is 9.85. The van der Waals surface area contributed by atoms with E-state index in [9.17, 15) is 0 Å². The molecule has 0 radical (unpaired) electrons. The molecular formula is C61H89N3O3S. The Hall–Kier alpha value is -4.36. The molecule has 4 heterocycles. The summed E-state index contributed by atoms with van der Waals surface area (Å²) in [5.74, 6) is 2.73. The van der Waals surface area contributed by atoms with Gasteiger partial charge in [0, 0.05) is 34.1 Å². The van der Waals surface area contributed by atoms with Crippen molar-refractivity contribution in [3.05, 3.63) is 127 Å². The van der Waals surface area contributed by atoms with E-state index in [1.165, 1.54) is 114 Å². The van der Waals surface area contributed by atoms with Gasteiger partial charge in [-0.1, -0.05) is 148 Å². The van der Waals surface area contributed by atoms with Gasteiger partial charge in [-0.2, -0.15) is 0 Å². The number of nitrogens with zero attached hydrogens (tertiary/aromatic N) is 3. The summed E-state index contributed by atoms with van der Waals surface area (Å²) in [6, 6.07) is 24.1. The van der Waals surface area contributed by atoms with E-state index >= 15 is 0 Å². The number of likely N-dealkylation sites (N-methyl/N-ethyl adjacent to an activating group) is 1. The van der Waals surface area contributed by atoms with E-state index in [0.717, 1.165) is 30.4 Å². The van der Waals surface area contributed by atoms with Gasteiger partial charge < -0.3 is 19.1 Å². The van der Waals surface area contributed by atoms with E-state index in [4.69, 9.17) is 19.2 Å². The molecule has 0 spiro atoms. The number of thiazole rings is 1. The quantitative estimate of drug-likeness (QED) is 0.154. The molecule has 0 saturated carbocycles. The van der Waals surface area contributed by atoms with Crippen LogP contribution in [0, 0.1) is 0 Å². The topological polar surface area (TPSA) is 56.7 Å². The number of aromatic nitrogens is 2. The Bertz CT molecular complexity index is 2340. The lowest BCUT2D eigenvalue weighted by molar-refractivity contribution is 0.174. The smallest absolute Gasteiger partial charge is 0.231 e. The van der Waals surface area contributed by atoms with Gasteiger partial charge in [-0.15, -0.1) is 11.3 Å². The van der Waals surface area contributed by atoms with Crippen LogP contribution < -0.4 is 19.1 Å². The van der Waals surface area contributed by atoms with Crippen LogP contribution in [0.5, 0.6) is 17.2 Å². The Balaban J connectivity index is 0.000000159. The first-order chi connectivity index (χ1) is 31.3. The standard InChI is InChI=1S/C13H19NO.C13H19N.C13H18.C11H14O2.C10H15NS.CH4/c1-13(2,3)10-5-6-12-11(9-10)14(4)7-8-15-12;1-13(2,3)12-9-8-10-6-4-5-7-11(10)14-12;1-13(2,3)12-8-7-10-5-4-6-11(10)9-12;1-11(2,3)8-4-5-9-10(6-8)13-7-12-9;1-10(2,3)9-11-7-5-4-6-8(7)12-9;/h5-6,9H,7-8H2,1-4H3;8-9H,4-7H2,1-3H3;7-9H,4-6H2,1-3H3;4-6H,7H2,1-3H3;4-6H2,1-3H3;1H4. The van der Waals surface area contributed by atoms with Crippen LogP contribution in [0.1, 0.15) is 197 Å². The second-order valence-electron chi connectivity index (χ2n) is 24.4. The summed E-state index contributed by atoms with van der Waals surface area (Å²) in [5, 5.41) is 1.31. The molecule has 6 nitrogen and oxygen atoms in total. The van der Waals surface area contributed by atoms with Crippen molar-refractivity contribution >= 4 is 17.0 Å². The van der Waals surface area contributed by atoms with Crippen molar-refractivity contribution in [2.24, 2.45) is 0 Å². The average Bonchev–Trinajstić information content (AvgIpc) is 4.08. The first kappa shape index (κ1) is 54.6. The summed E-state index contributed by atoms with van der Waals surface area (Å²) >= 11 is 1.92. The average molecular weight is 944 g/mol. The van der Waals surface area contributed by atoms with Crippen LogP contribution in [0.4, 0.5) is 5.69 Å². The molecule has 0 amide bonds. The Morgan fingerprint density at radius 2 is 1.01 bits per heavy atom. The Morgan fingerprint density at radius 1 is 0.471 bits per heavy atom. The van der Waals surface area contributed by atoms with Crippen molar-refractivity contribution in [2.45, 2.75) is 203 Å². The molecule has 3 aromatic carbocycles. The number of rotatable bonds is 0. The zero-order valence-electron chi connectivity index (χ0n) is 44.5. The second-order valence-corrected chi connectivity index (χ2v) is 25.4. The number of hydrogen-bond donors (Lipinski definition) is 0. The maximum absolute atomic E-state index is 5.62. The molecular weight excluding hydrogens is 855 g/mol. The zero-order valence-corrected chi connectivity index (χ0v) is 45.3. The monoisotopic (exact) mass is 944 g/mol. The van der Waals surface area contributed by atoms with Crippen LogP contribution in [0.2, 0.25) is 0 Å². The summed E-state index contributed by atoms with van der Waals surface area (Å²) in [6.07, 6.45) is 12.8. The maximum Gasteiger partial charge on any atom is 0.231 e. The summed E-state index contributed by atoms with van der Waals surface area (Å²) in [7, 11) is 2.12. The number of anilines is 1. The minimum absolute atomic E-state index is 0. The van der Waals surface area contributed by atoms with Crippen LogP contribution in [0.25, 0.3) is 0 Å². The Kier molecular flexibility index (Phi) is 17.8. The Labute approximate surface area is 418 Å². The number of fused-ring (bicyclic) bond motifs is 5. The van der Waals surface area contributed by atoms with Gasteiger partial charge in [0.1, 0.15) is 12.4 Å². The van der Waals surface area contributed by atoms with Gasteiger partial charge in [0.15, 0.2) is 11.5 Å². The van der Waals surface area contributed by atoms with E-state index < -0.39 is 0 Å². The van der Waals surface area contributed by atoms with Crippen molar-refractivity contribution in [1.29, 1.82) is 0 Å². The lowest BCUT2D eigenvalue weighted by Crippen LogP contribution is -2.29. The fraction of sp³-hybridized carbons (Fsp3) is 0.574. The molecule has 5 aliphatic rings. The van der Waals surface area contributed by atoms with Gasteiger partial charge in [0.2, 0.25) is 6.79 Å². The second kappa shape index (κ2) is 22.2. The summed E-state index contributed by atoms with van der Waals surface area (Å²) in [5.41, 5.74) is 15.0. The molecule has 0 atom stereocenters. The maximum atomic E-state index is 5.62. The third kappa shape index (κ3) is 14.6. The molecule has 0 fully saturated rings. The van der Waals surface area contributed by atoms with Crippen molar-refractivity contribution in [3.63, 3.8) is 0 Å². The minimum Gasteiger partial charge on any atom is -0.490 e. The van der Waals surface area contributed by atoms with Crippen LogP contribution in [0.3, 0.4) is 0 Å². The van der Waals surface area contributed by atoms with Crippen LogP contribution in [-0.4, -0.2) is 37.0 Å². The fourth-order valence-electron chi connectivity index (χ4n) is 8.73. The highest BCUT2D eigenvalue weighted by molar-refractivity contribution is 7.12. The SMILES string of the molecule is C.CC(C)(C)c1ccc2c(c1)CCC2.CC(C)(C)c1ccc2c(c1)OCO2.CC(C)(C)c1ccc2c(n1)CCCC2.CC(C)(C)c1nc2c(s1)CCC2.CN1CCOc2ccc(C(C)(C)C)cc21. The molecule has 7 heteroatoms. The van der Waals surface area contributed by atoms with Crippen molar-refractivity contribution < 1.29 is 14.2 Å². The van der Waals surface area contributed by atoms with E-state index in [0.29, 0.717) is 12.2 Å². The highest BCUT2D eigenvalue weighted by atomic mass is 32.1. The molecule has 2 aliphatic heterocycles. The van der Waals surface area contributed by atoms with Gasteiger partial charge in [-0.05, 0) is 144 Å². The third-order valence-corrected chi connectivity index (χ3v) is 14.9. The molecule has 0 unspecified atom stereocenters. The number of hydrogen-bond acceptors (Lipinski definition) is 7. The molecule has 5 aromatic rings. The van der Waals surface area contributed by atoms with E-state index in [-0.39, 0.29) is 29.1 Å². The van der Waals surface area contributed by atoms with Crippen molar-refractivity contribution in [2.75, 3.05) is 31.9 Å². The van der Waals surface area contributed by atoms with Gasteiger partial charge in [0.05, 0.1) is 22.9 Å². The van der Waals surface area contributed by atoms with Crippen molar-refractivity contribution in [1.82, 2.24) is 9.97 Å². The molecule has 3 aliphatic carbocycles. The zero-order chi connectivity index (χ0) is 49.0. The van der Waals surface area contributed by atoms with Crippen molar-refractivity contribution in [3.8, 4) is 17.2 Å². The molecule has 0 N–H and O–H groups in total. The molecule has 10 rings (SSSR count). The molecule has 2 aromatic heterocycles. The number of aryl methyl sites for hydroxylation is 6.